The van der Waals surface area contributed by atoms with Gasteiger partial charge in [-0.25, -0.2) is 0 Å². The van der Waals surface area contributed by atoms with E-state index in [1.165, 1.54) is 55.1 Å². The zero-order chi connectivity index (χ0) is 30.2. The molecule has 0 spiro atoms. The standard InChI is InChI=1S/C26H15N2.C13H24O2.Ir/c1-15-12-23-19-9-5-4-8-18(19)20-10-11-27-24-21-13-16-6-2-3-7-17(16)14-22(21)25(15)28(23)26(20)24;1-5-10(6-2)12(14)9-13(15)11(7-3)8-4;/h2-12,14H,1H3;9-11,14H,5-8H2,1-4H3;/q-1;;/b;12-9-;. The van der Waals surface area contributed by atoms with Crippen LogP contribution in [0.15, 0.2) is 84.8 Å². The summed E-state index contributed by atoms with van der Waals surface area (Å²) in [7, 11) is 0. The molecule has 7 rings (SSSR count). The molecule has 0 fully saturated rings. The van der Waals surface area contributed by atoms with Gasteiger partial charge < -0.3 is 9.51 Å². The van der Waals surface area contributed by atoms with Gasteiger partial charge in [0.05, 0.1) is 11.3 Å². The van der Waals surface area contributed by atoms with E-state index in [2.05, 4.69) is 84.1 Å². The molecule has 0 atom stereocenters. The number of hydrogen-bond acceptors (Lipinski definition) is 3. The number of nitrogens with zero attached hydrogens (tertiary/aromatic N) is 2. The minimum Gasteiger partial charge on any atom is -0.512 e. The van der Waals surface area contributed by atoms with E-state index < -0.39 is 0 Å². The van der Waals surface area contributed by atoms with Crippen molar-refractivity contribution in [2.75, 3.05) is 0 Å². The molecule has 4 aromatic heterocycles. The van der Waals surface area contributed by atoms with E-state index in [4.69, 9.17) is 4.98 Å². The number of pyridine rings is 3. The second-order valence-electron chi connectivity index (χ2n) is 11.6. The van der Waals surface area contributed by atoms with Crippen molar-refractivity contribution in [3.05, 3.63) is 96.4 Å². The molecule has 1 radical (unpaired) electrons. The van der Waals surface area contributed by atoms with Gasteiger partial charge in [-0.3, -0.25) is 9.78 Å². The fourth-order valence-electron chi connectivity index (χ4n) is 6.74. The minimum atomic E-state index is 0. The first kappa shape index (κ1) is 31.6. The Bertz CT molecular complexity index is 2130. The van der Waals surface area contributed by atoms with Gasteiger partial charge in [0, 0.05) is 71.5 Å². The Hall–Kier alpha value is -3.79. The number of hydrogen-bond donors (Lipinski definition) is 1. The Morgan fingerprint density at radius 3 is 2.20 bits per heavy atom. The summed E-state index contributed by atoms with van der Waals surface area (Å²) >= 11 is 0. The third-order valence-electron chi connectivity index (χ3n) is 9.20. The number of aliphatic hydroxyl groups excluding tert-OH is 1. The summed E-state index contributed by atoms with van der Waals surface area (Å²) < 4.78 is 2.42. The Kier molecular flexibility index (Phi) is 9.39. The van der Waals surface area contributed by atoms with Crippen molar-refractivity contribution >= 4 is 65.6 Å². The number of fused-ring (bicyclic) bond motifs is 7. The predicted molar refractivity (Wildman–Crippen MR) is 181 cm³/mol. The van der Waals surface area contributed by atoms with Crippen LogP contribution in [0.2, 0.25) is 0 Å². The molecule has 1 N–H and O–H groups in total. The number of allylic oxidation sites excluding steroid dienone is 2. The molecule has 4 heterocycles. The van der Waals surface area contributed by atoms with E-state index in [1.54, 1.807) is 0 Å². The molecular weight excluding hydrogens is 721 g/mol. The SMILES string of the molecule is CCC(CC)C(=O)/C=C(\O)C(CC)CC.Cc1cc2c3ccccc3c3ccnc4c5[c-]c6ccccc6cc5c1n2c34.[Ir]. The maximum Gasteiger partial charge on any atom is 0.162 e. The second-order valence-corrected chi connectivity index (χ2v) is 11.6. The Balaban J connectivity index is 0.000000209. The molecule has 44 heavy (non-hydrogen) atoms. The molecule has 0 unspecified atom stereocenters. The Morgan fingerprint density at radius 2 is 1.50 bits per heavy atom. The molecule has 5 heteroatoms. The van der Waals surface area contributed by atoms with Gasteiger partial charge in [0.25, 0.3) is 0 Å². The zero-order valence-electron chi connectivity index (χ0n) is 26.1. The molecule has 0 aliphatic rings. The molecule has 0 amide bonds. The van der Waals surface area contributed by atoms with E-state index in [9.17, 15) is 9.90 Å². The summed E-state index contributed by atoms with van der Waals surface area (Å²) in [5.41, 5.74) is 6.03. The number of aliphatic hydroxyl groups is 1. The Labute approximate surface area is 272 Å². The average Bonchev–Trinajstić information content (AvgIpc) is 3.39. The number of benzene rings is 3. The third-order valence-corrected chi connectivity index (χ3v) is 9.20. The summed E-state index contributed by atoms with van der Waals surface area (Å²) in [5, 5.41) is 18.3. The van der Waals surface area contributed by atoms with Crippen molar-refractivity contribution in [1.82, 2.24) is 9.38 Å². The Morgan fingerprint density at radius 1 is 0.841 bits per heavy atom. The van der Waals surface area contributed by atoms with Crippen LogP contribution in [0.5, 0.6) is 0 Å². The van der Waals surface area contributed by atoms with Crippen molar-refractivity contribution < 1.29 is 30.0 Å². The molecule has 0 saturated carbocycles. The van der Waals surface area contributed by atoms with E-state index in [1.807, 2.05) is 33.9 Å². The molecule has 0 bridgehead atoms. The van der Waals surface area contributed by atoms with E-state index >= 15 is 0 Å². The monoisotopic (exact) mass is 760 g/mol. The second kappa shape index (κ2) is 13.1. The molecule has 0 aliphatic carbocycles. The topological polar surface area (TPSA) is 54.6 Å². The van der Waals surface area contributed by atoms with E-state index in [0.717, 1.165) is 42.0 Å². The van der Waals surface area contributed by atoms with Crippen LogP contribution >= 0.6 is 0 Å². The van der Waals surface area contributed by atoms with E-state index in [-0.39, 0.29) is 43.5 Å². The number of rotatable bonds is 7. The first-order chi connectivity index (χ1) is 20.9. The molecule has 3 aromatic carbocycles. The fraction of sp³-hybridized carbons (Fsp3) is 0.282. The van der Waals surface area contributed by atoms with Gasteiger partial charge in [-0.05, 0) is 55.7 Å². The van der Waals surface area contributed by atoms with Crippen LogP contribution < -0.4 is 0 Å². The quantitative estimate of drug-likeness (QED) is 0.0579. The number of aryl methyl sites for hydroxylation is 1. The van der Waals surface area contributed by atoms with Gasteiger partial charge in [-0.1, -0.05) is 86.3 Å². The van der Waals surface area contributed by atoms with Gasteiger partial charge in [0.15, 0.2) is 5.78 Å². The molecule has 0 saturated heterocycles. The normalized spacial score (nSPS) is 12.2. The summed E-state index contributed by atoms with van der Waals surface area (Å²) in [4.78, 5) is 16.5. The summed E-state index contributed by atoms with van der Waals surface area (Å²) in [6, 6.07) is 27.6. The minimum absolute atomic E-state index is 0. The number of carbonyl (C=O) groups is 1. The summed E-state index contributed by atoms with van der Waals surface area (Å²) in [5.74, 6) is 0.547. The van der Waals surface area contributed by atoms with Crippen LogP contribution in [0, 0.1) is 24.8 Å². The first-order valence-electron chi connectivity index (χ1n) is 15.6. The van der Waals surface area contributed by atoms with Crippen LogP contribution in [0.1, 0.15) is 58.9 Å². The van der Waals surface area contributed by atoms with Crippen molar-refractivity contribution in [1.29, 1.82) is 0 Å². The molecule has 7 aromatic rings. The van der Waals surface area contributed by atoms with Gasteiger partial charge in [0.1, 0.15) is 0 Å². The van der Waals surface area contributed by atoms with Crippen LogP contribution in [-0.2, 0) is 24.9 Å². The fourth-order valence-corrected chi connectivity index (χ4v) is 6.74. The predicted octanol–water partition coefficient (Wildman–Crippen LogP) is 10.5. The van der Waals surface area contributed by atoms with Crippen LogP contribution in [0.4, 0.5) is 0 Å². The maximum atomic E-state index is 11.7. The van der Waals surface area contributed by atoms with Gasteiger partial charge >= 0.3 is 0 Å². The number of carbonyl (C=O) groups excluding carboxylic acids is 1. The largest absolute Gasteiger partial charge is 0.512 e. The van der Waals surface area contributed by atoms with Crippen LogP contribution in [0.25, 0.3) is 59.8 Å². The molecule has 4 nitrogen and oxygen atoms in total. The first-order valence-corrected chi connectivity index (χ1v) is 15.6. The van der Waals surface area contributed by atoms with Gasteiger partial charge in [-0.2, -0.15) is 0 Å². The zero-order valence-corrected chi connectivity index (χ0v) is 28.5. The number of ketones is 1. The van der Waals surface area contributed by atoms with Gasteiger partial charge in [-0.15, -0.1) is 23.6 Å². The summed E-state index contributed by atoms with van der Waals surface area (Å²) in [6.45, 7) is 10.3. The smallest absolute Gasteiger partial charge is 0.162 e. The van der Waals surface area contributed by atoms with Crippen molar-refractivity contribution in [2.24, 2.45) is 11.8 Å². The summed E-state index contributed by atoms with van der Waals surface area (Å²) in [6.07, 6.45) is 6.84. The van der Waals surface area contributed by atoms with Gasteiger partial charge in [0.2, 0.25) is 0 Å². The van der Waals surface area contributed by atoms with Crippen LogP contribution in [0.3, 0.4) is 0 Å². The molecule has 227 valence electrons. The van der Waals surface area contributed by atoms with Crippen molar-refractivity contribution in [2.45, 2.75) is 60.3 Å². The molecule has 0 aliphatic heterocycles. The third kappa shape index (κ3) is 5.27. The van der Waals surface area contributed by atoms with Crippen molar-refractivity contribution in [3.63, 3.8) is 0 Å². The van der Waals surface area contributed by atoms with Crippen molar-refractivity contribution in [3.8, 4) is 0 Å². The molecular formula is C39H39IrN2O2-. The van der Waals surface area contributed by atoms with Crippen LogP contribution in [-0.4, -0.2) is 20.3 Å². The maximum absolute atomic E-state index is 11.7. The number of aromatic nitrogens is 2. The average molecular weight is 760 g/mol. The van der Waals surface area contributed by atoms with E-state index in [0.29, 0.717) is 0 Å².